The molecule has 1 radical (unpaired) electrons. The molecule has 2 heterocycles. The Labute approximate surface area is 357 Å². The van der Waals surface area contributed by atoms with Gasteiger partial charge in [0.1, 0.15) is 0 Å². The molecular weight excluding hydrogens is 885 g/mol. The van der Waals surface area contributed by atoms with E-state index in [-0.39, 0.29) is 47.2 Å². The normalized spacial score (nSPS) is 17.7. The summed E-state index contributed by atoms with van der Waals surface area (Å²) in [5.74, 6) is 1.90. The van der Waals surface area contributed by atoms with Gasteiger partial charge in [-0.1, -0.05) is 154 Å². The molecule has 0 aliphatic heterocycles. The quantitative estimate of drug-likeness (QED) is 0.165. The van der Waals surface area contributed by atoms with Crippen LogP contribution in [0.3, 0.4) is 0 Å². The van der Waals surface area contributed by atoms with Crippen LogP contribution in [0.25, 0.3) is 67.7 Å². The van der Waals surface area contributed by atoms with Gasteiger partial charge in [0.05, 0.1) is 0 Å². The molecule has 10 rings (SSSR count). The van der Waals surface area contributed by atoms with Crippen molar-refractivity contribution in [3.63, 3.8) is 0 Å². The Morgan fingerprint density at radius 2 is 0.879 bits per heavy atom. The monoisotopic (exact) mass is 934 g/mol. The van der Waals surface area contributed by atoms with Crippen molar-refractivity contribution in [2.45, 2.75) is 90.9 Å². The molecule has 5 aromatic carbocycles. The van der Waals surface area contributed by atoms with E-state index in [1.54, 1.807) is 0 Å². The number of rotatable bonds is 4. The maximum Gasteiger partial charge on any atom is 0.165 e. The summed E-state index contributed by atoms with van der Waals surface area (Å²) in [6, 6.07) is 43.2. The molecule has 3 aliphatic rings. The Hall–Kier alpha value is -5.09. The number of aromatic nitrogens is 4. The van der Waals surface area contributed by atoms with Gasteiger partial charge in [-0.05, 0) is 78.6 Å². The zero-order valence-electron chi connectivity index (χ0n) is 35.1. The summed E-state index contributed by atoms with van der Waals surface area (Å²) in [5, 5.41) is 0. The molecule has 0 fully saturated rings. The molecule has 4 nitrogen and oxygen atoms in total. The second kappa shape index (κ2) is 12.7. The van der Waals surface area contributed by atoms with Crippen molar-refractivity contribution in [3.05, 3.63) is 155 Å². The first kappa shape index (κ1) is 38.4. The van der Waals surface area contributed by atoms with Gasteiger partial charge in [-0.15, -0.1) is 34.9 Å². The molecule has 0 amide bonds. The molecule has 58 heavy (non-hydrogen) atoms. The van der Waals surface area contributed by atoms with E-state index in [2.05, 4.69) is 184 Å². The molecule has 0 N–H and O–H groups in total. The smallest absolute Gasteiger partial charge is 0.165 e. The molecule has 0 spiro atoms. The van der Waals surface area contributed by atoms with Gasteiger partial charge in [-0.3, -0.25) is 0 Å². The van der Waals surface area contributed by atoms with Gasteiger partial charge in [0.2, 0.25) is 0 Å². The zero-order valence-corrected chi connectivity index (χ0v) is 37.5. The largest absolute Gasteiger partial charge is 0.304 e. The van der Waals surface area contributed by atoms with Crippen molar-refractivity contribution in [1.29, 1.82) is 0 Å². The molecule has 5 heteroatoms. The van der Waals surface area contributed by atoms with Crippen molar-refractivity contribution < 1.29 is 20.1 Å². The van der Waals surface area contributed by atoms with Crippen LogP contribution in [0.2, 0.25) is 0 Å². The third kappa shape index (κ3) is 5.22. The van der Waals surface area contributed by atoms with E-state index in [0.717, 1.165) is 27.9 Å². The molecule has 291 valence electrons. The van der Waals surface area contributed by atoms with Crippen LogP contribution in [0.4, 0.5) is 0 Å². The Bertz CT molecular complexity index is 2700. The average molecular weight is 934 g/mol. The summed E-state index contributed by atoms with van der Waals surface area (Å²) < 4.78 is 0. The number of hydrogen-bond acceptors (Lipinski definition) is 4. The van der Waals surface area contributed by atoms with Crippen LogP contribution in [0.15, 0.2) is 115 Å². The van der Waals surface area contributed by atoms with Crippen LogP contribution in [0.1, 0.15) is 103 Å². The maximum atomic E-state index is 5.23. The van der Waals surface area contributed by atoms with E-state index in [1.165, 1.54) is 55.6 Å². The molecule has 7 aromatic rings. The van der Waals surface area contributed by atoms with Crippen LogP contribution in [-0.2, 0) is 41.8 Å². The summed E-state index contributed by atoms with van der Waals surface area (Å²) in [6.45, 7) is 23.5. The number of nitrogens with zero attached hydrogens (tertiary/aromatic N) is 4. The first-order valence-corrected chi connectivity index (χ1v) is 20.3. The second-order valence-electron chi connectivity index (χ2n) is 19.1. The van der Waals surface area contributed by atoms with Gasteiger partial charge in [0.25, 0.3) is 0 Å². The SMILES string of the molecule is CC1(C)c2ccccc2-c2ccc(-c3nc(-c4ccc(-c5[c-]cc6c(c5)C(C)(C)C(C)(C)C6(C)C)nc4)nc(-c4ccc5c(c4)C(C)(C)c4ccccc4-5)n3)cc21.[Ir]. The van der Waals surface area contributed by atoms with E-state index < -0.39 is 0 Å². The van der Waals surface area contributed by atoms with Crippen LogP contribution < -0.4 is 0 Å². The Morgan fingerprint density at radius 3 is 1.38 bits per heavy atom. The van der Waals surface area contributed by atoms with Crippen molar-refractivity contribution >= 4 is 0 Å². The predicted molar refractivity (Wildman–Crippen MR) is 233 cm³/mol. The van der Waals surface area contributed by atoms with Gasteiger partial charge in [0, 0.05) is 53.8 Å². The molecule has 0 bridgehead atoms. The van der Waals surface area contributed by atoms with Crippen LogP contribution >= 0.6 is 0 Å². The van der Waals surface area contributed by atoms with E-state index in [9.17, 15) is 0 Å². The predicted octanol–water partition coefficient (Wildman–Crippen LogP) is 12.9. The third-order valence-corrected chi connectivity index (χ3v) is 15.0. The summed E-state index contributed by atoms with van der Waals surface area (Å²) >= 11 is 0. The van der Waals surface area contributed by atoms with Gasteiger partial charge in [0.15, 0.2) is 17.5 Å². The van der Waals surface area contributed by atoms with Crippen molar-refractivity contribution in [2.24, 2.45) is 5.41 Å². The number of pyridine rings is 1. The van der Waals surface area contributed by atoms with Crippen LogP contribution in [-0.4, -0.2) is 19.9 Å². The Balaban J connectivity index is 0.00000436. The van der Waals surface area contributed by atoms with E-state index in [4.69, 9.17) is 19.9 Å². The first-order chi connectivity index (χ1) is 27.0. The summed E-state index contributed by atoms with van der Waals surface area (Å²) in [6.07, 6.45) is 1.91. The van der Waals surface area contributed by atoms with Crippen molar-refractivity contribution in [3.8, 4) is 67.7 Å². The standard InChI is InChI=1S/C53H49N4.Ir/c1-49(2)39-17-13-11-15-35(39)37-23-19-32(28-42(37)49)46-55-47(33-20-24-38-36-16-12-14-18-40(36)50(3,4)43(38)29-33)57-48(56-46)34-22-26-45(54-30-34)31-21-25-41-44(27-31)52(7,8)53(9,10)51(41,5)6;/h11-20,22-30H,1-10H3;/q-1;. The fraction of sp³-hybridized carbons (Fsp3) is 0.283. The second-order valence-corrected chi connectivity index (χ2v) is 19.1. The van der Waals surface area contributed by atoms with E-state index in [0.29, 0.717) is 17.5 Å². The number of fused-ring (bicyclic) bond motifs is 7. The third-order valence-electron chi connectivity index (χ3n) is 15.0. The number of benzene rings is 5. The fourth-order valence-corrected chi connectivity index (χ4v) is 10.3. The fourth-order valence-electron chi connectivity index (χ4n) is 10.3. The number of hydrogen-bond donors (Lipinski definition) is 0. The molecular formula is C53H49IrN4-. The van der Waals surface area contributed by atoms with E-state index >= 15 is 0 Å². The minimum absolute atomic E-state index is 0. The van der Waals surface area contributed by atoms with Crippen molar-refractivity contribution in [2.75, 3.05) is 0 Å². The summed E-state index contributed by atoms with van der Waals surface area (Å²) in [4.78, 5) is 20.6. The van der Waals surface area contributed by atoms with Crippen LogP contribution in [0.5, 0.6) is 0 Å². The van der Waals surface area contributed by atoms with Gasteiger partial charge in [-0.25, -0.2) is 15.0 Å². The van der Waals surface area contributed by atoms with Crippen LogP contribution in [0, 0.1) is 11.5 Å². The molecule has 0 saturated carbocycles. The Kier molecular flexibility index (Phi) is 8.42. The molecule has 0 atom stereocenters. The molecule has 0 unspecified atom stereocenters. The van der Waals surface area contributed by atoms with E-state index in [1.807, 2.05) is 6.20 Å². The average Bonchev–Trinajstić information content (AvgIpc) is 3.63. The molecule has 3 aliphatic carbocycles. The maximum absolute atomic E-state index is 5.23. The van der Waals surface area contributed by atoms with Crippen molar-refractivity contribution in [1.82, 2.24) is 19.9 Å². The summed E-state index contributed by atoms with van der Waals surface area (Å²) in [5.41, 5.74) is 17.7. The van der Waals surface area contributed by atoms with Gasteiger partial charge < -0.3 is 4.98 Å². The minimum atomic E-state index is -0.143. The molecule has 0 saturated heterocycles. The minimum Gasteiger partial charge on any atom is -0.304 e. The first-order valence-electron chi connectivity index (χ1n) is 20.3. The van der Waals surface area contributed by atoms with Gasteiger partial charge >= 0.3 is 0 Å². The molecule has 2 aromatic heterocycles. The zero-order chi connectivity index (χ0) is 39.9. The topological polar surface area (TPSA) is 51.6 Å². The Morgan fingerprint density at radius 1 is 0.431 bits per heavy atom. The summed E-state index contributed by atoms with van der Waals surface area (Å²) in [7, 11) is 0. The van der Waals surface area contributed by atoms with Gasteiger partial charge in [-0.2, -0.15) is 0 Å².